The number of ether oxygens (including phenoxy) is 1. The van der Waals surface area contributed by atoms with Gasteiger partial charge < -0.3 is 9.75 Å². The van der Waals surface area contributed by atoms with Gasteiger partial charge in [-0.1, -0.05) is 13.3 Å². The summed E-state index contributed by atoms with van der Waals surface area (Å²) in [6, 6.07) is 0. The van der Waals surface area contributed by atoms with Gasteiger partial charge in [0.1, 0.15) is 11.3 Å². The van der Waals surface area contributed by atoms with Crippen LogP contribution in [-0.2, 0) is 24.1 Å². The van der Waals surface area contributed by atoms with E-state index in [1.165, 1.54) is 0 Å². The molecule has 0 spiro atoms. The van der Waals surface area contributed by atoms with Gasteiger partial charge in [-0.2, -0.15) is 5.10 Å². The van der Waals surface area contributed by atoms with Crippen molar-refractivity contribution in [2.45, 2.75) is 25.6 Å². The highest BCUT2D eigenvalue weighted by Gasteiger charge is 2.23. The SMILES string of the molecule is CCCc1nn(C)c2c1nc(CCl)n2N1CCOCC1. The number of nitrogens with zero attached hydrogens (tertiary/aromatic N) is 5. The number of morpholine rings is 1. The van der Waals surface area contributed by atoms with Crippen molar-refractivity contribution in [1.29, 1.82) is 0 Å². The highest BCUT2D eigenvalue weighted by Crippen LogP contribution is 2.22. The van der Waals surface area contributed by atoms with E-state index in [1.807, 2.05) is 11.7 Å². The third-order valence-corrected chi connectivity index (χ3v) is 3.86. The fraction of sp³-hybridized carbons (Fsp3) is 0.692. The van der Waals surface area contributed by atoms with Crippen molar-refractivity contribution in [3.05, 3.63) is 11.5 Å². The van der Waals surface area contributed by atoms with Crippen LogP contribution < -0.4 is 5.01 Å². The Morgan fingerprint density at radius 3 is 2.70 bits per heavy atom. The molecule has 0 saturated carbocycles. The van der Waals surface area contributed by atoms with Gasteiger partial charge in [-0.25, -0.2) is 14.3 Å². The minimum atomic E-state index is 0.400. The molecule has 2 aromatic heterocycles. The molecule has 20 heavy (non-hydrogen) atoms. The number of rotatable bonds is 4. The average molecular weight is 298 g/mol. The van der Waals surface area contributed by atoms with Crippen LogP contribution in [-0.4, -0.2) is 45.7 Å². The largest absolute Gasteiger partial charge is 0.378 e. The zero-order valence-electron chi connectivity index (χ0n) is 12.0. The average Bonchev–Trinajstić information content (AvgIpc) is 2.99. The molecule has 7 heteroatoms. The van der Waals surface area contributed by atoms with Crippen LogP contribution in [0.4, 0.5) is 0 Å². The first kappa shape index (κ1) is 13.7. The van der Waals surface area contributed by atoms with Crippen molar-refractivity contribution in [2.75, 3.05) is 31.3 Å². The first-order chi connectivity index (χ1) is 9.76. The van der Waals surface area contributed by atoms with Crippen LogP contribution in [0.25, 0.3) is 11.2 Å². The van der Waals surface area contributed by atoms with Crippen LogP contribution in [0.2, 0.25) is 0 Å². The Hall–Kier alpha value is -1.27. The van der Waals surface area contributed by atoms with Crippen LogP contribution in [0, 0.1) is 0 Å². The number of hydrogen-bond acceptors (Lipinski definition) is 4. The summed E-state index contributed by atoms with van der Waals surface area (Å²) in [5.74, 6) is 1.28. The van der Waals surface area contributed by atoms with E-state index in [1.54, 1.807) is 0 Å². The molecule has 0 bridgehead atoms. The Morgan fingerprint density at radius 2 is 2.05 bits per heavy atom. The Balaban J connectivity index is 2.13. The molecule has 0 radical (unpaired) electrons. The van der Waals surface area contributed by atoms with Gasteiger partial charge in [-0.3, -0.25) is 0 Å². The van der Waals surface area contributed by atoms with Crippen molar-refractivity contribution in [2.24, 2.45) is 7.05 Å². The van der Waals surface area contributed by atoms with Crippen molar-refractivity contribution < 1.29 is 4.74 Å². The fourth-order valence-corrected chi connectivity index (χ4v) is 2.92. The van der Waals surface area contributed by atoms with Crippen LogP contribution in [0.1, 0.15) is 24.9 Å². The lowest BCUT2D eigenvalue weighted by Gasteiger charge is -2.30. The van der Waals surface area contributed by atoms with Crippen LogP contribution in [0.15, 0.2) is 0 Å². The van der Waals surface area contributed by atoms with Crippen LogP contribution in [0.5, 0.6) is 0 Å². The molecule has 2 aromatic rings. The zero-order valence-corrected chi connectivity index (χ0v) is 12.7. The first-order valence-corrected chi connectivity index (χ1v) is 7.61. The molecular formula is C13H20ClN5O. The van der Waals surface area contributed by atoms with Crippen molar-refractivity contribution in [3.63, 3.8) is 0 Å². The monoisotopic (exact) mass is 297 g/mol. The highest BCUT2D eigenvalue weighted by molar-refractivity contribution is 6.16. The van der Waals surface area contributed by atoms with Gasteiger partial charge >= 0.3 is 0 Å². The molecule has 0 unspecified atom stereocenters. The molecule has 110 valence electrons. The predicted molar refractivity (Wildman–Crippen MR) is 78.8 cm³/mol. The molecular weight excluding hydrogens is 278 g/mol. The highest BCUT2D eigenvalue weighted by atomic mass is 35.5. The van der Waals surface area contributed by atoms with Crippen molar-refractivity contribution in [1.82, 2.24) is 19.4 Å². The van der Waals surface area contributed by atoms with Crippen LogP contribution in [0.3, 0.4) is 0 Å². The lowest BCUT2D eigenvalue weighted by molar-refractivity contribution is 0.111. The second-order valence-corrected chi connectivity index (χ2v) is 5.30. The van der Waals surface area contributed by atoms with Gasteiger partial charge in [0.25, 0.3) is 0 Å². The lowest BCUT2D eigenvalue weighted by Crippen LogP contribution is -2.45. The lowest BCUT2D eigenvalue weighted by atomic mass is 10.2. The summed E-state index contributed by atoms with van der Waals surface area (Å²) in [6.07, 6.45) is 2.01. The van der Waals surface area contributed by atoms with E-state index in [9.17, 15) is 0 Å². The third-order valence-electron chi connectivity index (χ3n) is 3.63. The minimum Gasteiger partial charge on any atom is -0.378 e. The number of aromatic nitrogens is 4. The number of imidazole rings is 1. The van der Waals surface area contributed by atoms with E-state index < -0.39 is 0 Å². The van der Waals surface area contributed by atoms with Gasteiger partial charge in [0, 0.05) is 7.05 Å². The smallest absolute Gasteiger partial charge is 0.177 e. The molecule has 1 saturated heterocycles. The second-order valence-electron chi connectivity index (χ2n) is 5.03. The number of aryl methyl sites for hydroxylation is 2. The zero-order chi connectivity index (χ0) is 14.1. The molecule has 0 atom stereocenters. The first-order valence-electron chi connectivity index (χ1n) is 7.08. The van der Waals surface area contributed by atoms with E-state index in [0.717, 1.165) is 61.8 Å². The molecule has 0 aliphatic carbocycles. The maximum Gasteiger partial charge on any atom is 0.177 e. The van der Waals surface area contributed by atoms with Crippen molar-refractivity contribution in [3.8, 4) is 0 Å². The van der Waals surface area contributed by atoms with E-state index in [4.69, 9.17) is 21.3 Å². The number of alkyl halides is 1. The third kappa shape index (κ3) is 2.16. The van der Waals surface area contributed by atoms with Crippen molar-refractivity contribution >= 4 is 22.8 Å². The van der Waals surface area contributed by atoms with Crippen LogP contribution >= 0.6 is 11.6 Å². The quantitative estimate of drug-likeness (QED) is 0.801. The summed E-state index contributed by atoms with van der Waals surface area (Å²) in [5, 5.41) is 6.85. The van der Waals surface area contributed by atoms with Gasteiger partial charge in [-0.05, 0) is 6.42 Å². The molecule has 6 nitrogen and oxygen atoms in total. The standard InChI is InChI=1S/C13H20ClN5O/c1-3-4-10-12-13(17(2)16-10)19(11(9-14)15-12)18-5-7-20-8-6-18/h3-9H2,1-2H3. The molecule has 1 fully saturated rings. The summed E-state index contributed by atoms with van der Waals surface area (Å²) in [5.41, 5.74) is 3.07. The van der Waals surface area contributed by atoms with Gasteiger partial charge in [0.05, 0.1) is 37.9 Å². The molecule has 1 aliphatic rings. The molecule has 3 heterocycles. The maximum absolute atomic E-state index is 6.09. The summed E-state index contributed by atoms with van der Waals surface area (Å²) in [4.78, 5) is 4.71. The summed E-state index contributed by atoms with van der Waals surface area (Å²) in [6.45, 7) is 5.33. The van der Waals surface area contributed by atoms with Gasteiger partial charge in [0.2, 0.25) is 0 Å². The molecule has 0 N–H and O–H groups in total. The fourth-order valence-electron chi connectivity index (χ4n) is 2.75. The van der Waals surface area contributed by atoms with E-state index in [-0.39, 0.29) is 0 Å². The topological polar surface area (TPSA) is 48.1 Å². The Kier molecular flexibility index (Phi) is 3.85. The molecule has 0 amide bonds. The maximum atomic E-state index is 6.09. The van der Waals surface area contributed by atoms with E-state index in [0.29, 0.717) is 5.88 Å². The second kappa shape index (κ2) is 5.61. The predicted octanol–water partition coefficient (Wildman–Crippen LogP) is 1.43. The number of hydrogen-bond donors (Lipinski definition) is 0. The Bertz CT molecular complexity index is 599. The summed E-state index contributed by atoms with van der Waals surface area (Å²) in [7, 11) is 1.97. The van der Waals surface area contributed by atoms with E-state index in [2.05, 4.69) is 21.7 Å². The summed E-state index contributed by atoms with van der Waals surface area (Å²) < 4.78 is 9.46. The number of fused-ring (bicyclic) bond motifs is 1. The Labute approximate surface area is 123 Å². The normalized spacial score (nSPS) is 16.2. The van der Waals surface area contributed by atoms with E-state index >= 15 is 0 Å². The Morgan fingerprint density at radius 1 is 1.30 bits per heavy atom. The summed E-state index contributed by atoms with van der Waals surface area (Å²) >= 11 is 6.09. The van der Waals surface area contributed by atoms with Gasteiger partial charge in [-0.15, -0.1) is 11.6 Å². The number of halogens is 1. The molecule has 3 rings (SSSR count). The van der Waals surface area contributed by atoms with Gasteiger partial charge in [0.15, 0.2) is 5.65 Å². The minimum absolute atomic E-state index is 0.400. The molecule has 1 aliphatic heterocycles. The molecule has 0 aromatic carbocycles.